The summed E-state index contributed by atoms with van der Waals surface area (Å²) in [6.45, 7) is 6.97. The molecule has 0 saturated heterocycles. The summed E-state index contributed by atoms with van der Waals surface area (Å²) in [6.07, 6.45) is 0.969. The van der Waals surface area contributed by atoms with Gasteiger partial charge in [-0.25, -0.2) is 0 Å². The molecule has 1 aromatic carbocycles. The standard InChI is InChI=1S/C19H27N3OS/c1-14(2)17-12-18(22(4)21-17)19(23)20-9-6-10-24-13-16-8-5-7-15(3)11-16/h5,7-8,11-12,14H,6,9-10,13H2,1-4H3,(H,20,23). The Kier molecular flexibility index (Phi) is 6.91. The predicted molar refractivity (Wildman–Crippen MR) is 102 cm³/mol. The minimum atomic E-state index is -0.0411. The van der Waals surface area contributed by atoms with Crippen molar-refractivity contribution < 1.29 is 4.79 Å². The molecule has 5 heteroatoms. The van der Waals surface area contributed by atoms with Crippen molar-refractivity contribution in [3.8, 4) is 0 Å². The van der Waals surface area contributed by atoms with E-state index in [-0.39, 0.29) is 5.91 Å². The van der Waals surface area contributed by atoms with Crippen molar-refractivity contribution in [2.75, 3.05) is 12.3 Å². The third-order valence-electron chi connectivity index (χ3n) is 3.83. The molecule has 0 fully saturated rings. The highest BCUT2D eigenvalue weighted by atomic mass is 32.2. The average Bonchev–Trinajstić information content (AvgIpc) is 2.93. The molecule has 0 aliphatic rings. The van der Waals surface area contributed by atoms with Crippen LogP contribution in [0.4, 0.5) is 0 Å². The van der Waals surface area contributed by atoms with Crippen LogP contribution in [0.25, 0.3) is 0 Å². The van der Waals surface area contributed by atoms with E-state index in [0.29, 0.717) is 18.2 Å². The molecular weight excluding hydrogens is 318 g/mol. The van der Waals surface area contributed by atoms with Crippen LogP contribution in [0.3, 0.4) is 0 Å². The first-order chi connectivity index (χ1) is 11.5. The van der Waals surface area contributed by atoms with E-state index in [2.05, 4.69) is 55.5 Å². The minimum absolute atomic E-state index is 0.0411. The number of thioether (sulfide) groups is 1. The Hall–Kier alpha value is -1.75. The fourth-order valence-electron chi connectivity index (χ4n) is 2.44. The second-order valence-corrected chi connectivity index (χ2v) is 7.49. The molecule has 0 unspecified atom stereocenters. The molecular formula is C19H27N3OS. The Balaban J connectivity index is 1.68. The molecule has 1 heterocycles. The normalized spacial score (nSPS) is 11.0. The van der Waals surface area contributed by atoms with Gasteiger partial charge in [-0.05, 0) is 36.6 Å². The summed E-state index contributed by atoms with van der Waals surface area (Å²) in [6, 6.07) is 10.5. The second-order valence-electron chi connectivity index (χ2n) is 6.38. The zero-order valence-corrected chi connectivity index (χ0v) is 15.8. The Morgan fingerprint density at radius 3 is 2.79 bits per heavy atom. The van der Waals surface area contributed by atoms with Gasteiger partial charge in [-0.1, -0.05) is 43.7 Å². The number of hydrogen-bond donors (Lipinski definition) is 1. The number of aryl methyl sites for hydroxylation is 2. The van der Waals surface area contributed by atoms with E-state index in [1.54, 1.807) is 4.68 Å². The van der Waals surface area contributed by atoms with Gasteiger partial charge in [0.25, 0.3) is 5.91 Å². The molecule has 0 bridgehead atoms. The van der Waals surface area contributed by atoms with Gasteiger partial charge in [-0.15, -0.1) is 0 Å². The van der Waals surface area contributed by atoms with E-state index in [4.69, 9.17) is 0 Å². The molecule has 2 rings (SSSR count). The largest absolute Gasteiger partial charge is 0.351 e. The van der Waals surface area contributed by atoms with Crippen LogP contribution in [0, 0.1) is 6.92 Å². The van der Waals surface area contributed by atoms with Crippen LogP contribution in [0.2, 0.25) is 0 Å². The maximum Gasteiger partial charge on any atom is 0.269 e. The van der Waals surface area contributed by atoms with Gasteiger partial charge in [-0.3, -0.25) is 9.48 Å². The number of hydrogen-bond acceptors (Lipinski definition) is 3. The van der Waals surface area contributed by atoms with Gasteiger partial charge in [-0.2, -0.15) is 16.9 Å². The molecule has 0 radical (unpaired) electrons. The SMILES string of the molecule is Cc1cccc(CSCCCNC(=O)c2cc(C(C)C)nn2C)c1. The molecule has 1 aromatic heterocycles. The maximum absolute atomic E-state index is 12.2. The molecule has 0 aliphatic carbocycles. The molecule has 1 N–H and O–H groups in total. The van der Waals surface area contributed by atoms with E-state index in [1.165, 1.54) is 11.1 Å². The van der Waals surface area contributed by atoms with Crippen molar-refractivity contribution in [2.24, 2.45) is 7.05 Å². The highest BCUT2D eigenvalue weighted by molar-refractivity contribution is 7.98. The molecule has 0 aliphatic heterocycles. The molecule has 0 spiro atoms. The highest BCUT2D eigenvalue weighted by Crippen LogP contribution is 2.15. The van der Waals surface area contributed by atoms with Crippen LogP contribution in [0.1, 0.15) is 53.5 Å². The Morgan fingerprint density at radius 2 is 2.12 bits per heavy atom. The Bertz CT molecular complexity index is 679. The van der Waals surface area contributed by atoms with E-state index in [0.717, 1.165) is 23.6 Å². The van der Waals surface area contributed by atoms with E-state index in [1.807, 2.05) is 24.9 Å². The van der Waals surface area contributed by atoms with Crippen LogP contribution < -0.4 is 5.32 Å². The van der Waals surface area contributed by atoms with Crippen molar-refractivity contribution >= 4 is 17.7 Å². The number of rotatable bonds is 8. The summed E-state index contributed by atoms with van der Waals surface area (Å²) in [5.74, 6) is 2.35. The molecule has 2 aromatic rings. The van der Waals surface area contributed by atoms with Gasteiger partial charge < -0.3 is 5.32 Å². The molecule has 4 nitrogen and oxygen atoms in total. The van der Waals surface area contributed by atoms with Gasteiger partial charge in [0.15, 0.2) is 0 Å². The summed E-state index contributed by atoms with van der Waals surface area (Å²) < 4.78 is 1.66. The number of amides is 1. The van der Waals surface area contributed by atoms with Gasteiger partial charge in [0.1, 0.15) is 5.69 Å². The number of nitrogens with one attached hydrogen (secondary N) is 1. The van der Waals surface area contributed by atoms with Crippen molar-refractivity contribution in [1.29, 1.82) is 0 Å². The van der Waals surface area contributed by atoms with Gasteiger partial charge in [0.2, 0.25) is 0 Å². The number of aromatic nitrogens is 2. The number of benzene rings is 1. The van der Waals surface area contributed by atoms with Gasteiger partial charge in [0, 0.05) is 19.3 Å². The lowest BCUT2D eigenvalue weighted by Gasteiger charge is -2.06. The second kappa shape index (κ2) is 8.92. The van der Waals surface area contributed by atoms with Crippen molar-refractivity contribution in [3.63, 3.8) is 0 Å². The first kappa shape index (κ1) is 18.6. The zero-order valence-electron chi connectivity index (χ0n) is 15.0. The summed E-state index contributed by atoms with van der Waals surface area (Å²) in [4.78, 5) is 12.2. The van der Waals surface area contributed by atoms with Crippen molar-refractivity contribution in [2.45, 2.75) is 38.9 Å². The third-order valence-corrected chi connectivity index (χ3v) is 4.94. The predicted octanol–water partition coefficient (Wildman–Crippen LogP) is 3.91. The molecule has 1 amide bonds. The van der Waals surface area contributed by atoms with Crippen LogP contribution in [0.15, 0.2) is 30.3 Å². The first-order valence-corrected chi connectivity index (χ1v) is 9.58. The Labute approximate surface area is 149 Å². The molecule has 0 atom stereocenters. The minimum Gasteiger partial charge on any atom is -0.351 e. The number of carbonyl (C=O) groups is 1. The van der Waals surface area contributed by atoms with Crippen molar-refractivity contribution in [1.82, 2.24) is 15.1 Å². The lowest BCUT2D eigenvalue weighted by atomic mass is 10.1. The summed E-state index contributed by atoms with van der Waals surface area (Å²) in [7, 11) is 1.82. The monoisotopic (exact) mass is 345 g/mol. The van der Waals surface area contributed by atoms with Gasteiger partial charge >= 0.3 is 0 Å². The fourth-order valence-corrected chi connectivity index (χ4v) is 3.35. The highest BCUT2D eigenvalue weighted by Gasteiger charge is 2.14. The summed E-state index contributed by atoms with van der Waals surface area (Å²) in [5.41, 5.74) is 4.25. The first-order valence-electron chi connectivity index (χ1n) is 8.43. The van der Waals surface area contributed by atoms with Crippen LogP contribution in [-0.2, 0) is 12.8 Å². The average molecular weight is 346 g/mol. The molecule has 130 valence electrons. The fraction of sp³-hybridized carbons (Fsp3) is 0.474. The van der Waals surface area contributed by atoms with E-state index < -0.39 is 0 Å². The van der Waals surface area contributed by atoms with Crippen LogP contribution >= 0.6 is 11.8 Å². The van der Waals surface area contributed by atoms with Gasteiger partial charge in [0.05, 0.1) is 5.69 Å². The van der Waals surface area contributed by atoms with Crippen LogP contribution in [0.5, 0.6) is 0 Å². The summed E-state index contributed by atoms with van der Waals surface area (Å²) >= 11 is 1.90. The molecule has 24 heavy (non-hydrogen) atoms. The third kappa shape index (κ3) is 5.41. The van der Waals surface area contributed by atoms with Crippen molar-refractivity contribution in [3.05, 3.63) is 52.8 Å². The summed E-state index contributed by atoms with van der Waals surface area (Å²) in [5, 5.41) is 7.37. The number of carbonyl (C=O) groups excluding carboxylic acids is 1. The Morgan fingerprint density at radius 1 is 1.33 bits per heavy atom. The van der Waals surface area contributed by atoms with E-state index >= 15 is 0 Å². The van der Waals surface area contributed by atoms with Crippen LogP contribution in [-0.4, -0.2) is 28.0 Å². The molecule has 0 saturated carbocycles. The smallest absolute Gasteiger partial charge is 0.269 e. The van der Waals surface area contributed by atoms with E-state index in [9.17, 15) is 4.79 Å². The lowest BCUT2D eigenvalue weighted by molar-refractivity contribution is 0.0944. The lowest BCUT2D eigenvalue weighted by Crippen LogP contribution is -2.26. The maximum atomic E-state index is 12.2. The zero-order chi connectivity index (χ0) is 17.5. The topological polar surface area (TPSA) is 46.9 Å². The quantitative estimate of drug-likeness (QED) is 0.738. The number of nitrogens with zero attached hydrogens (tertiary/aromatic N) is 2.